The van der Waals surface area contributed by atoms with Gasteiger partial charge < -0.3 is 4.74 Å². The van der Waals surface area contributed by atoms with Crippen LogP contribution in [0.25, 0.3) is 0 Å². The lowest BCUT2D eigenvalue weighted by atomic mass is 10.2. The van der Waals surface area contributed by atoms with Gasteiger partial charge in [0, 0.05) is 0 Å². The number of esters is 1. The van der Waals surface area contributed by atoms with Gasteiger partial charge in [0.15, 0.2) is 6.29 Å². The molecule has 1 atom stereocenters. The van der Waals surface area contributed by atoms with E-state index in [9.17, 15) is 22.8 Å². The van der Waals surface area contributed by atoms with Gasteiger partial charge in [-0.3, -0.25) is 4.79 Å². The van der Waals surface area contributed by atoms with E-state index in [-0.39, 0.29) is 5.56 Å². The smallest absolute Gasteiger partial charge is 0.432 e. The molecular formula is C10H7F3O3. The average Bonchev–Trinajstić information content (AvgIpc) is 2.25. The van der Waals surface area contributed by atoms with E-state index >= 15 is 0 Å². The van der Waals surface area contributed by atoms with Crippen LogP contribution < -0.4 is 0 Å². The van der Waals surface area contributed by atoms with Gasteiger partial charge in [0.05, 0.1) is 5.56 Å². The van der Waals surface area contributed by atoms with Crippen molar-refractivity contribution in [2.45, 2.75) is 12.3 Å². The molecule has 0 aliphatic carbocycles. The van der Waals surface area contributed by atoms with Crippen LogP contribution in [0.1, 0.15) is 10.4 Å². The summed E-state index contributed by atoms with van der Waals surface area (Å²) in [6.45, 7) is 0. The van der Waals surface area contributed by atoms with Crippen molar-refractivity contribution in [2.24, 2.45) is 0 Å². The first-order valence-corrected chi connectivity index (χ1v) is 4.23. The number of carbonyl (C=O) groups is 2. The highest BCUT2D eigenvalue weighted by atomic mass is 19.4. The second-order valence-corrected chi connectivity index (χ2v) is 2.87. The molecule has 0 aromatic heterocycles. The minimum Gasteiger partial charge on any atom is -0.441 e. The summed E-state index contributed by atoms with van der Waals surface area (Å²) in [6.07, 6.45) is -8.06. The van der Waals surface area contributed by atoms with E-state index in [1.54, 1.807) is 6.07 Å². The highest BCUT2D eigenvalue weighted by Crippen LogP contribution is 2.22. The molecule has 0 heterocycles. The largest absolute Gasteiger partial charge is 0.441 e. The van der Waals surface area contributed by atoms with E-state index in [4.69, 9.17) is 0 Å². The molecule has 0 saturated carbocycles. The van der Waals surface area contributed by atoms with Crippen LogP contribution in [0.3, 0.4) is 0 Å². The van der Waals surface area contributed by atoms with Gasteiger partial charge in [-0.25, -0.2) is 4.79 Å². The van der Waals surface area contributed by atoms with Crippen molar-refractivity contribution in [3.8, 4) is 0 Å². The second kappa shape index (κ2) is 4.78. The van der Waals surface area contributed by atoms with Crippen LogP contribution in [0.2, 0.25) is 0 Å². The van der Waals surface area contributed by atoms with Crippen LogP contribution in [-0.4, -0.2) is 24.5 Å². The maximum Gasteiger partial charge on any atom is 0.432 e. The summed E-state index contributed by atoms with van der Waals surface area (Å²) < 4.78 is 40.3. The zero-order chi connectivity index (χ0) is 12.2. The maximum absolute atomic E-state index is 12.1. The molecule has 1 aromatic rings. The van der Waals surface area contributed by atoms with Crippen molar-refractivity contribution in [3.63, 3.8) is 0 Å². The highest BCUT2D eigenvalue weighted by molar-refractivity contribution is 5.90. The molecule has 86 valence electrons. The monoisotopic (exact) mass is 232 g/mol. The number of aldehydes is 1. The van der Waals surface area contributed by atoms with Crippen LogP contribution in [0.4, 0.5) is 13.2 Å². The summed E-state index contributed by atoms with van der Waals surface area (Å²) in [5.74, 6) is -1.19. The van der Waals surface area contributed by atoms with Crippen LogP contribution in [0.15, 0.2) is 30.3 Å². The molecule has 0 saturated heterocycles. The number of hydrogen-bond acceptors (Lipinski definition) is 3. The first-order valence-electron chi connectivity index (χ1n) is 4.23. The second-order valence-electron chi connectivity index (χ2n) is 2.87. The van der Waals surface area contributed by atoms with E-state index in [1.807, 2.05) is 0 Å². The summed E-state index contributed by atoms with van der Waals surface area (Å²) in [4.78, 5) is 21.3. The van der Waals surface area contributed by atoms with E-state index in [1.165, 1.54) is 24.3 Å². The third-order valence-electron chi connectivity index (χ3n) is 1.69. The zero-order valence-electron chi connectivity index (χ0n) is 7.90. The molecule has 0 spiro atoms. The summed E-state index contributed by atoms with van der Waals surface area (Å²) in [5.41, 5.74) is -0.0430. The third-order valence-corrected chi connectivity index (χ3v) is 1.69. The zero-order valence-corrected chi connectivity index (χ0v) is 7.90. The SMILES string of the molecule is O=C[C@H](OC(=O)c1ccccc1)C(F)(F)F. The molecule has 6 heteroatoms. The molecule has 16 heavy (non-hydrogen) atoms. The standard InChI is InChI=1S/C10H7F3O3/c11-10(12,13)8(6-14)16-9(15)7-4-2-1-3-5-7/h1-6,8H/t8-/m0/s1. The average molecular weight is 232 g/mol. The number of benzene rings is 1. The van der Waals surface area contributed by atoms with Crippen molar-refractivity contribution in [2.75, 3.05) is 0 Å². The van der Waals surface area contributed by atoms with Gasteiger partial charge in [-0.15, -0.1) is 0 Å². The third kappa shape index (κ3) is 3.08. The Balaban J connectivity index is 2.75. The van der Waals surface area contributed by atoms with Crippen molar-refractivity contribution < 1.29 is 27.5 Å². The van der Waals surface area contributed by atoms with E-state index in [0.717, 1.165) is 0 Å². The molecule has 0 aliphatic rings. The molecule has 0 aliphatic heterocycles. The Labute approximate surface area is 88.8 Å². The molecule has 1 aromatic carbocycles. The molecule has 0 amide bonds. The van der Waals surface area contributed by atoms with Crippen LogP contribution in [0, 0.1) is 0 Å². The van der Waals surface area contributed by atoms with Gasteiger partial charge in [0.2, 0.25) is 0 Å². The number of alkyl halides is 3. The van der Waals surface area contributed by atoms with E-state index in [2.05, 4.69) is 4.74 Å². The molecule has 0 radical (unpaired) electrons. The summed E-state index contributed by atoms with van der Waals surface area (Å²) in [7, 11) is 0. The number of carbonyl (C=O) groups excluding carboxylic acids is 2. The van der Waals surface area contributed by atoms with Gasteiger partial charge in [0.1, 0.15) is 0 Å². The van der Waals surface area contributed by atoms with Gasteiger partial charge >= 0.3 is 12.1 Å². The number of ether oxygens (including phenoxy) is 1. The Kier molecular flexibility index (Phi) is 3.65. The summed E-state index contributed by atoms with van der Waals surface area (Å²) in [5, 5.41) is 0. The Hall–Kier alpha value is -1.85. The minimum absolute atomic E-state index is 0.0430. The first kappa shape index (κ1) is 12.2. The Morgan fingerprint density at radius 1 is 1.25 bits per heavy atom. The molecule has 1 rings (SSSR count). The Morgan fingerprint density at radius 3 is 2.25 bits per heavy atom. The lowest BCUT2D eigenvalue weighted by Gasteiger charge is -2.14. The summed E-state index contributed by atoms with van der Waals surface area (Å²) in [6, 6.07) is 7.12. The maximum atomic E-state index is 12.1. The predicted molar refractivity (Wildman–Crippen MR) is 47.8 cm³/mol. The first-order chi connectivity index (χ1) is 7.45. The molecular weight excluding hydrogens is 225 g/mol. The molecule has 0 N–H and O–H groups in total. The number of halogens is 3. The quantitative estimate of drug-likeness (QED) is 0.591. The lowest BCUT2D eigenvalue weighted by molar-refractivity contribution is -0.198. The van der Waals surface area contributed by atoms with Crippen LogP contribution in [0.5, 0.6) is 0 Å². The van der Waals surface area contributed by atoms with Crippen LogP contribution >= 0.6 is 0 Å². The number of hydrogen-bond donors (Lipinski definition) is 0. The Bertz CT molecular complexity index is 373. The van der Waals surface area contributed by atoms with Gasteiger partial charge in [-0.05, 0) is 12.1 Å². The molecule has 0 unspecified atom stereocenters. The fourth-order valence-electron chi connectivity index (χ4n) is 0.929. The summed E-state index contributed by atoms with van der Waals surface area (Å²) >= 11 is 0. The van der Waals surface area contributed by atoms with E-state index in [0.29, 0.717) is 0 Å². The lowest BCUT2D eigenvalue weighted by Crippen LogP contribution is -2.35. The van der Waals surface area contributed by atoms with Crippen molar-refractivity contribution in [3.05, 3.63) is 35.9 Å². The van der Waals surface area contributed by atoms with Crippen molar-refractivity contribution >= 4 is 12.3 Å². The Morgan fingerprint density at radius 2 is 1.81 bits per heavy atom. The predicted octanol–water partition coefficient (Wildman–Crippen LogP) is 1.97. The van der Waals surface area contributed by atoms with Crippen molar-refractivity contribution in [1.82, 2.24) is 0 Å². The van der Waals surface area contributed by atoms with Crippen molar-refractivity contribution in [1.29, 1.82) is 0 Å². The fraction of sp³-hybridized carbons (Fsp3) is 0.200. The van der Waals surface area contributed by atoms with Gasteiger partial charge in [-0.2, -0.15) is 13.2 Å². The topological polar surface area (TPSA) is 43.4 Å². The van der Waals surface area contributed by atoms with Crippen LogP contribution in [-0.2, 0) is 9.53 Å². The molecule has 0 bridgehead atoms. The van der Waals surface area contributed by atoms with Gasteiger partial charge in [0.25, 0.3) is 6.10 Å². The number of rotatable bonds is 3. The van der Waals surface area contributed by atoms with Gasteiger partial charge in [-0.1, -0.05) is 18.2 Å². The minimum atomic E-state index is -4.88. The molecule has 3 nitrogen and oxygen atoms in total. The highest BCUT2D eigenvalue weighted by Gasteiger charge is 2.42. The fourth-order valence-corrected chi connectivity index (χ4v) is 0.929. The molecule has 0 fully saturated rings. The van der Waals surface area contributed by atoms with E-state index < -0.39 is 24.5 Å². The normalized spacial score (nSPS) is 12.9.